The largest absolute Gasteiger partial charge is 0.293 e. The number of Topliss-reactive ketones (excluding diaryl/α,β-unsaturated/α-hetero) is 1. The van der Waals surface area contributed by atoms with Crippen molar-refractivity contribution in [3.05, 3.63) is 21.9 Å². The first kappa shape index (κ1) is 13.4. The molecule has 2 aliphatic rings. The smallest absolute Gasteiger partial charge is 0.173 e. The molecule has 1 aromatic heterocycles. The van der Waals surface area contributed by atoms with Crippen molar-refractivity contribution in [1.29, 1.82) is 0 Å². The van der Waals surface area contributed by atoms with E-state index in [0.717, 1.165) is 23.1 Å². The van der Waals surface area contributed by atoms with Crippen molar-refractivity contribution in [3.8, 4) is 0 Å². The normalized spacial score (nSPS) is 29.9. The first-order chi connectivity index (χ1) is 8.93. The lowest BCUT2D eigenvalue weighted by molar-refractivity contribution is 0.0948. The fraction of sp³-hybridized carbons (Fsp3) is 0.706. The van der Waals surface area contributed by atoms with E-state index in [-0.39, 0.29) is 5.41 Å². The van der Waals surface area contributed by atoms with Gasteiger partial charge in [0.2, 0.25) is 0 Å². The summed E-state index contributed by atoms with van der Waals surface area (Å²) in [6.45, 7) is 6.63. The van der Waals surface area contributed by atoms with E-state index in [4.69, 9.17) is 0 Å². The zero-order valence-electron chi connectivity index (χ0n) is 12.2. The van der Waals surface area contributed by atoms with Crippen molar-refractivity contribution in [2.75, 3.05) is 0 Å². The van der Waals surface area contributed by atoms with Gasteiger partial charge in [0.15, 0.2) is 5.78 Å². The molecule has 2 bridgehead atoms. The molecule has 104 valence electrons. The van der Waals surface area contributed by atoms with Crippen molar-refractivity contribution in [1.82, 2.24) is 0 Å². The van der Waals surface area contributed by atoms with Gasteiger partial charge >= 0.3 is 0 Å². The van der Waals surface area contributed by atoms with Gasteiger partial charge < -0.3 is 0 Å². The van der Waals surface area contributed by atoms with Gasteiger partial charge in [0.1, 0.15) is 0 Å². The third-order valence-electron chi connectivity index (χ3n) is 4.95. The summed E-state index contributed by atoms with van der Waals surface area (Å²) in [7, 11) is 0. The van der Waals surface area contributed by atoms with E-state index in [1.54, 1.807) is 11.3 Å². The predicted octanol–water partition coefficient (Wildman–Crippen LogP) is 5.05. The van der Waals surface area contributed by atoms with Crippen LogP contribution in [0.4, 0.5) is 0 Å². The number of ketones is 1. The molecular formula is C17H24OS. The summed E-state index contributed by atoms with van der Waals surface area (Å²) >= 11 is 1.70. The van der Waals surface area contributed by atoms with Crippen LogP contribution in [0.25, 0.3) is 0 Å². The van der Waals surface area contributed by atoms with Crippen LogP contribution in [0.1, 0.15) is 67.4 Å². The van der Waals surface area contributed by atoms with Gasteiger partial charge in [-0.25, -0.2) is 0 Å². The lowest BCUT2D eigenvalue weighted by Crippen LogP contribution is -2.14. The molecule has 0 saturated heterocycles. The average molecular weight is 276 g/mol. The van der Waals surface area contributed by atoms with Crippen molar-refractivity contribution in [2.45, 2.75) is 58.3 Å². The second kappa shape index (κ2) is 4.73. The first-order valence-corrected chi connectivity index (χ1v) is 8.38. The third kappa shape index (κ3) is 2.65. The molecule has 2 saturated carbocycles. The molecule has 3 unspecified atom stereocenters. The van der Waals surface area contributed by atoms with Gasteiger partial charge in [-0.3, -0.25) is 4.79 Å². The molecule has 0 amide bonds. The molecule has 1 aromatic rings. The van der Waals surface area contributed by atoms with Gasteiger partial charge in [0.05, 0.1) is 4.88 Å². The Labute approximate surface area is 120 Å². The SMILES string of the molecule is CC(C)(C)c1ccc(C(=O)CC2CC3CCC2C3)s1. The number of rotatable bonds is 3. The van der Waals surface area contributed by atoms with Crippen LogP contribution in [-0.4, -0.2) is 5.78 Å². The maximum absolute atomic E-state index is 12.4. The summed E-state index contributed by atoms with van der Waals surface area (Å²) in [5.74, 6) is 2.87. The van der Waals surface area contributed by atoms with Crippen molar-refractivity contribution >= 4 is 17.1 Å². The quantitative estimate of drug-likeness (QED) is 0.706. The van der Waals surface area contributed by atoms with Crippen LogP contribution in [0.5, 0.6) is 0 Å². The number of fused-ring (bicyclic) bond motifs is 2. The van der Waals surface area contributed by atoms with Crippen LogP contribution in [0.3, 0.4) is 0 Å². The molecule has 0 radical (unpaired) electrons. The minimum absolute atomic E-state index is 0.162. The fourth-order valence-corrected chi connectivity index (χ4v) is 4.87. The minimum Gasteiger partial charge on any atom is -0.293 e. The Morgan fingerprint density at radius 1 is 1.26 bits per heavy atom. The molecule has 2 heteroatoms. The van der Waals surface area contributed by atoms with Crippen LogP contribution in [0, 0.1) is 17.8 Å². The molecule has 19 heavy (non-hydrogen) atoms. The second-order valence-corrected chi connectivity index (χ2v) is 8.56. The minimum atomic E-state index is 0.162. The molecule has 3 rings (SSSR count). The highest BCUT2D eigenvalue weighted by Gasteiger charge is 2.40. The van der Waals surface area contributed by atoms with Crippen molar-refractivity contribution in [2.24, 2.45) is 17.8 Å². The lowest BCUT2D eigenvalue weighted by atomic mass is 9.85. The number of carbonyl (C=O) groups is 1. The van der Waals surface area contributed by atoms with Gasteiger partial charge in [-0.1, -0.05) is 27.2 Å². The van der Waals surface area contributed by atoms with E-state index in [1.807, 2.05) is 6.07 Å². The topological polar surface area (TPSA) is 17.1 Å². The van der Waals surface area contributed by atoms with Crippen LogP contribution >= 0.6 is 11.3 Å². The summed E-state index contributed by atoms with van der Waals surface area (Å²) < 4.78 is 0. The van der Waals surface area contributed by atoms with E-state index < -0.39 is 0 Å². The monoisotopic (exact) mass is 276 g/mol. The fourth-order valence-electron chi connectivity index (χ4n) is 3.86. The van der Waals surface area contributed by atoms with Gasteiger partial charge in [0, 0.05) is 11.3 Å². The van der Waals surface area contributed by atoms with Crippen LogP contribution < -0.4 is 0 Å². The van der Waals surface area contributed by atoms with E-state index in [0.29, 0.717) is 11.7 Å². The van der Waals surface area contributed by atoms with Crippen LogP contribution in [-0.2, 0) is 5.41 Å². The molecule has 0 spiro atoms. The molecule has 0 aromatic carbocycles. The zero-order chi connectivity index (χ0) is 13.6. The zero-order valence-corrected chi connectivity index (χ0v) is 13.1. The van der Waals surface area contributed by atoms with E-state index in [2.05, 4.69) is 26.8 Å². The molecule has 2 aliphatic carbocycles. The van der Waals surface area contributed by atoms with E-state index >= 15 is 0 Å². The Kier molecular flexibility index (Phi) is 3.33. The van der Waals surface area contributed by atoms with Crippen molar-refractivity contribution < 1.29 is 4.79 Å². The summed E-state index contributed by atoms with van der Waals surface area (Å²) in [5.41, 5.74) is 0.162. The summed E-state index contributed by atoms with van der Waals surface area (Å²) in [6, 6.07) is 4.18. The molecule has 0 aliphatic heterocycles. The van der Waals surface area contributed by atoms with E-state index in [9.17, 15) is 4.79 Å². The van der Waals surface area contributed by atoms with Crippen LogP contribution in [0.15, 0.2) is 12.1 Å². The van der Waals surface area contributed by atoms with Gasteiger partial charge in [-0.2, -0.15) is 0 Å². The molecule has 1 nitrogen and oxygen atoms in total. The average Bonchev–Trinajstić information content (AvgIpc) is 3.03. The van der Waals surface area contributed by atoms with Crippen LogP contribution in [0.2, 0.25) is 0 Å². The molecule has 1 heterocycles. The Hall–Kier alpha value is -0.630. The Morgan fingerprint density at radius 2 is 2.05 bits per heavy atom. The lowest BCUT2D eigenvalue weighted by Gasteiger charge is -2.20. The number of hydrogen-bond acceptors (Lipinski definition) is 2. The predicted molar refractivity (Wildman–Crippen MR) is 80.9 cm³/mol. The summed E-state index contributed by atoms with van der Waals surface area (Å²) in [4.78, 5) is 14.7. The number of hydrogen-bond donors (Lipinski definition) is 0. The van der Waals surface area contributed by atoms with Crippen molar-refractivity contribution in [3.63, 3.8) is 0 Å². The second-order valence-electron chi connectivity index (χ2n) is 7.48. The highest BCUT2D eigenvalue weighted by Crippen LogP contribution is 2.50. The maximum atomic E-state index is 12.4. The number of carbonyl (C=O) groups excluding carboxylic acids is 1. The Morgan fingerprint density at radius 3 is 2.58 bits per heavy atom. The third-order valence-corrected chi connectivity index (χ3v) is 6.50. The van der Waals surface area contributed by atoms with E-state index in [1.165, 1.54) is 30.6 Å². The van der Waals surface area contributed by atoms with Gasteiger partial charge in [0.25, 0.3) is 0 Å². The first-order valence-electron chi connectivity index (χ1n) is 7.57. The standard InChI is InChI=1S/C17H24OS/c1-17(2,3)16-7-6-15(19-16)14(18)10-13-9-11-4-5-12(13)8-11/h6-7,11-13H,4-5,8-10H2,1-3H3. The van der Waals surface area contributed by atoms with Gasteiger partial charge in [-0.15, -0.1) is 11.3 Å². The molecular weight excluding hydrogens is 252 g/mol. The molecule has 3 atom stereocenters. The Bertz CT molecular complexity index is 480. The summed E-state index contributed by atoms with van der Waals surface area (Å²) in [6.07, 6.45) is 6.30. The van der Waals surface area contributed by atoms with Gasteiger partial charge in [-0.05, 0) is 54.6 Å². The summed E-state index contributed by atoms with van der Waals surface area (Å²) in [5, 5.41) is 0. The Balaban J connectivity index is 1.66. The molecule has 2 fully saturated rings. The highest BCUT2D eigenvalue weighted by molar-refractivity contribution is 7.14. The highest BCUT2D eigenvalue weighted by atomic mass is 32.1. The molecule has 0 N–H and O–H groups in total. The maximum Gasteiger partial charge on any atom is 0.173 e. The number of thiophene rings is 1.